The van der Waals surface area contributed by atoms with Crippen LogP contribution in [-0.4, -0.2) is 39.7 Å². The summed E-state index contributed by atoms with van der Waals surface area (Å²) < 4.78 is 11.2. The quantitative estimate of drug-likeness (QED) is 0.203. The van der Waals surface area contributed by atoms with Crippen LogP contribution in [0.15, 0.2) is 70.0 Å². The van der Waals surface area contributed by atoms with Crippen LogP contribution < -0.4 is 15.7 Å². The van der Waals surface area contributed by atoms with Gasteiger partial charge in [0.2, 0.25) is 0 Å². The molecule has 2 heterocycles. The molecule has 1 atom stereocenters. The highest BCUT2D eigenvalue weighted by Gasteiger charge is 2.23. The van der Waals surface area contributed by atoms with Crippen molar-refractivity contribution in [1.29, 1.82) is 0 Å². The van der Waals surface area contributed by atoms with E-state index in [0.29, 0.717) is 33.2 Å². The molecule has 2 aromatic heterocycles. The molecule has 4 N–H and O–H groups in total. The van der Waals surface area contributed by atoms with E-state index in [1.165, 1.54) is 12.1 Å². The fourth-order valence-corrected chi connectivity index (χ4v) is 4.35. The van der Waals surface area contributed by atoms with Crippen LogP contribution in [0, 0.1) is 6.92 Å². The molecule has 3 aromatic carbocycles. The lowest BCUT2D eigenvalue weighted by atomic mass is 10.0. The molecule has 0 bridgehead atoms. The molecule has 0 aliphatic heterocycles. The third kappa shape index (κ3) is 4.22. The van der Waals surface area contributed by atoms with Gasteiger partial charge in [0.1, 0.15) is 23.1 Å². The number of hydrogen-bond donors (Lipinski definition) is 4. The smallest absolute Gasteiger partial charge is 0.344 e. The number of phenolic OH excluding ortho intramolecular Hbond substituents is 1. The van der Waals surface area contributed by atoms with E-state index in [9.17, 15) is 24.6 Å². The average molecular weight is 486 g/mol. The first-order chi connectivity index (χ1) is 17.3. The van der Waals surface area contributed by atoms with Crippen molar-refractivity contribution in [3.05, 3.63) is 82.3 Å². The average Bonchev–Trinajstić information content (AvgIpc) is 3.25. The lowest BCUT2D eigenvalue weighted by Gasteiger charge is -2.16. The Morgan fingerprint density at radius 3 is 2.61 bits per heavy atom. The zero-order chi connectivity index (χ0) is 25.4. The van der Waals surface area contributed by atoms with Gasteiger partial charge in [0.25, 0.3) is 5.91 Å². The molecule has 0 spiro atoms. The molecular weight excluding hydrogens is 464 g/mol. The molecule has 0 aliphatic rings. The summed E-state index contributed by atoms with van der Waals surface area (Å²) in [6, 6.07) is 14.1. The van der Waals surface area contributed by atoms with Crippen LogP contribution in [0.2, 0.25) is 0 Å². The molecule has 0 saturated carbocycles. The van der Waals surface area contributed by atoms with Crippen molar-refractivity contribution < 1.29 is 29.0 Å². The lowest BCUT2D eigenvalue weighted by Crippen LogP contribution is -2.44. The molecule has 1 amide bonds. The molecule has 1 unspecified atom stereocenters. The van der Waals surface area contributed by atoms with E-state index in [-0.39, 0.29) is 12.2 Å². The van der Waals surface area contributed by atoms with Gasteiger partial charge in [0.15, 0.2) is 6.61 Å². The van der Waals surface area contributed by atoms with Crippen LogP contribution >= 0.6 is 0 Å². The zero-order valence-corrected chi connectivity index (χ0v) is 19.2. The molecule has 0 fully saturated rings. The number of carboxylic acid groups (broad SMARTS) is 1. The molecular formula is C27H22N2O7. The van der Waals surface area contributed by atoms with Crippen LogP contribution in [0.1, 0.15) is 11.1 Å². The van der Waals surface area contributed by atoms with E-state index >= 15 is 0 Å². The van der Waals surface area contributed by atoms with E-state index in [1.807, 2.05) is 12.1 Å². The number of phenols is 1. The monoisotopic (exact) mass is 486 g/mol. The molecule has 36 heavy (non-hydrogen) atoms. The Kier molecular flexibility index (Phi) is 5.81. The third-order valence-corrected chi connectivity index (χ3v) is 6.16. The van der Waals surface area contributed by atoms with E-state index in [0.717, 1.165) is 16.3 Å². The van der Waals surface area contributed by atoms with Gasteiger partial charge in [-0.1, -0.05) is 18.2 Å². The number of amides is 1. The number of H-pyrrole nitrogens is 1. The maximum absolute atomic E-state index is 12.6. The summed E-state index contributed by atoms with van der Waals surface area (Å²) in [4.78, 5) is 39.8. The predicted octanol–water partition coefficient (Wildman–Crippen LogP) is 3.63. The number of rotatable bonds is 7. The number of nitrogens with one attached hydrogen (secondary N) is 2. The first-order valence-corrected chi connectivity index (χ1v) is 11.2. The van der Waals surface area contributed by atoms with Gasteiger partial charge in [0, 0.05) is 34.5 Å². The minimum absolute atomic E-state index is 0.0117. The lowest BCUT2D eigenvalue weighted by molar-refractivity contribution is -0.142. The molecule has 9 heteroatoms. The van der Waals surface area contributed by atoms with Gasteiger partial charge in [-0.25, -0.2) is 9.59 Å². The summed E-state index contributed by atoms with van der Waals surface area (Å²) in [5.74, 6) is -1.42. The Morgan fingerprint density at radius 2 is 1.83 bits per heavy atom. The second kappa shape index (κ2) is 9.10. The minimum atomic E-state index is -1.20. The second-order valence-corrected chi connectivity index (χ2v) is 8.50. The number of carbonyl (C=O) groups is 2. The van der Waals surface area contributed by atoms with Crippen LogP contribution in [0.4, 0.5) is 0 Å². The molecule has 182 valence electrons. The van der Waals surface area contributed by atoms with E-state index in [4.69, 9.17) is 9.15 Å². The predicted molar refractivity (Wildman–Crippen MR) is 133 cm³/mol. The Hall–Kier alpha value is -4.79. The number of carboxylic acids is 1. The van der Waals surface area contributed by atoms with Crippen molar-refractivity contribution in [2.24, 2.45) is 0 Å². The van der Waals surface area contributed by atoms with Gasteiger partial charge >= 0.3 is 11.6 Å². The number of fused-ring (bicyclic) bond motifs is 4. The zero-order valence-electron chi connectivity index (χ0n) is 19.2. The van der Waals surface area contributed by atoms with Crippen LogP contribution in [0.3, 0.4) is 0 Å². The summed E-state index contributed by atoms with van der Waals surface area (Å²) in [5, 5.41) is 24.5. The van der Waals surface area contributed by atoms with Gasteiger partial charge in [-0.15, -0.1) is 0 Å². The van der Waals surface area contributed by atoms with E-state index < -0.39 is 30.2 Å². The highest BCUT2D eigenvalue weighted by Crippen LogP contribution is 2.31. The maximum Gasteiger partial charge on any atom is 0.344 e. The summed E-state index contributed by atoms with van der Waals surface area (Å²) in [6.07, 6.45) is 1.66. The fraction of sp³-hybridized carbons (Fsp3) is 0.148. The Labute approximate surface area is 203 Å². The molecule has 5 rings (SSSR count). The summed E-state index contributed by atoms with van der Waals surface area (Å²) in [7, 11) is 0. The number of ether oxygens (including phenoxy) is 1. The summed E-state index contributed by atoms with van der Waals surface area (Å²) in [6.45, 7) is 1.29. The van der Waals surface area contributed by atoms with E-state index in [1.54, 1.807) is 43.5 Å². The molecule has 0 radical (unpaired) electrons. The summed E-state index contributed by atoms with van der Waals surface area (Å²) >= 11 is 0. The summed E-state index contributed by atoms with van der Waals surface area (Å²) in [5.41, 5.74) is 1.83. The van der Waals surface area contributed by atoms with Gasteiger partial charge < -0.3 is 29.7 Å². The van der Waals surface area contributed by atoms with Gasteiger partial charge in [-0.05, 0) is 54.3 Å². The van der Waals surface area contributed by atoms with Crippen molar-refractivity contribution in [2.75, 3.05) is 6.61 Å². The number of benzene rings is 3. The highest BCUT2D eigenvalue weighted by atomic mass is 16.5. The third-order valence-electron chi connectivity index (χ3n) is 6.16. The van der Waals surface area contributed by atoms with Crippen molar-refractivity contribution >= 4 is 44.5 Å². The molecule has 9 nitrogen and oxygen atoms in total. The number of aromatic amines is 1. The van der Waals surface area contributed by atoms with Crippen LogP contribution in [0.5, 0.6) is 11.5 Å². The van der Waals surface area contributed by atoms with Crippen molar-refractivity contribution in [3.63, 3.8) is 0 Å². The Balaban J connectivity index is 1.32. The van der Waals surface area contributed by atoms with Gasteiger partial charge in [-0.2, -0.15) is 0 Å². The van der Waals surface area contributed by atoms with Crippen LogP contribution in [-0.2, 0) is 16.0 Å². The van der Waals surface area contributed by atoms with Gasteiger partial charge in [0.05, 0.1) is 5.39 Å². The topological polar surface area (TPSA) is 142 Å². The van der Waals surface area contributed by atoms with Gasteiger partial charge in [-0.3, -0.25) is 4.79 Å². The Bertz CT molecular complexity index is 1700. The minimum Gasteiger partial charge on any atom is -0.508 e. The highest BCUT2D eigenvalue weighted by molar-refractivity contribution is 6.05. The van der Waals surface area contributed by atoms with E-state index in [2.05, 4.69) is 10.3 Å². The van der Waals surface area contributed by atoms with Crippen molar-refractivity contribution in [3.8, 4) is 11.5 Å². The fourth-order valence-electron chi connectivity index (χ4n) is 4.35. The standard InChI is InChI=1S/C27H22N2O7/c1-14-23(9-7-18-17-4-2-3-5-19(17)27(34)36-25(14)18)35-13-24(31)29-22(26(32)33)10-15-12-28-21-8-6-16(30)11-20(15)21/h2-9,11-12,22,28,30H,10,13H2,1H3,(H,29,31)(H,32,33). The maximum atomic E-state index is 12.6. The largest absolute Gasteiger partial charge is 0.508 e. The first-order valence-electron chi connectivity index (χ1n) is 11.2. The van der Waals surface area contributed by atoms with Crippen LogP contribution in [0.25, 0.3) is 32.6 Å². The number of aryl methyl sites for hydroxylation is 1. The molecule has 0 aliphatic carbocycles. The number of hydrogen-bond acceptors (Lipinski definition) is 6. The Morgan fingerprint density at radius 1 is 1.06 bits per heavy atom. The molecule has 0 saturated heterocycles. The normalized spacial score (nSPS) is 12.1. The molecule has 5 aromatic rings. The number of carbonyl (C=O) groups excluding carboxylic acids is 1. The second-order valence-electron chi connectivity index (χ2n) is 8.50. The first kappa shape index (κ1) is 23.0. The number of aromatic nitrogens is 1. The van der Waals surface area contributed by atoms with Crippen molar-refractivity contribution in [1.82, 2.24) is 10.3 Å². The number of aliphatic carboxylic acids is 1. The van der Waals surface area contributed by atoms with Crippen molar-refractivity contribution in [2.45, 2.75) is 19.4 Å². The number of aromatic hydroxyl groups is 1. The SMILES string of the molecule is Cc1c(OCC(=O)NC(Cc2c[nH]c3ccc(O)cc23)C(=O)O)ccc2c1oc(=O)c1ccccc12.